The summed E-state index contributed by atoms with van der Waals surface area (Å²) in [7, 11) is 0. The maximum atomic E-state index is 5.66. The van der Waals surface area contributed by atoms with E-state index in [0.717, 1.165) is 5.69 Å². The van der Waals surface area contributed by atoms with Crippen LogP contribution in [0.15, 0.2) is 18.2 Å². The van der Waals surface area contributed by atoms with Gasteiger partial charge >= 0.3 is 0 Å². The van der Waals surface area contributed by atoms with Crippen molar-refractivity contribution in [2.45, 2.75) is 19.8 Å². The highest BCUT2D eigenvalue weighted by Crippen LogP contribution is 2.23. The van der Waals surface area contributed by atoms with E-state index in [4.69, 9.17) is 11.6 Å². The molecule has 3 nitrogen and oxygen atoms in total. The minimum atomic E-state index is 0. The van der Waals surface area contributed by atoms with Crippen molar-refractivity contribution in [1.29, 1.82) is 0 Å². The van der Waals surface area contributed by atoms with E-state index in [9.17, 15) is 0 Å². The number of hydrazine groups is 1. The number of hydrogen-bond acceptors (Lipinski definition) is 3. The van der Waals surface area contributed by atoms with Crippen LogP contribution in [0.25, 0.3) is 0 Å². The predicted octanol–water partition coefficient (Wildman–Crippen LogP) is 1.92. The molecule has 0 aliphatic heterocycles. The maximum Gasteiger partial charge on any atom is 0.0718 e. The zero-order valence-electron chi connectivity index (χ0n) is 7.46. The number of anilines is 2. The van der Waals surface area contributed by atoms with Gasteiger partial charge in [0.05, 0.1) is 11.4 Å². The van der Waals surface area contributed by atoms with E-state index in [1.54, 1.807) is 0 Å². The van der Waals surface area contributed by atoms with Gasteiger partial charge in [-0.05, 0) is 23.6 Å². The summed E-state index contributed by atoms with van der Waals surface area (Å²) < 4.78 is 0. The molecule has 0 unspecified atom stereocenters. The molecule has 0 bridgehead atoms. The first-order valence-corrected chi connectivity index (χ1v) is 4.01. The summed E-state index contributed by atoms with van der Waals surface area (Å²) in [6.45, 7) is 4.26. The number of nitrogen functional groups attached to an aromatic ring is 2. The highest BCUT2D eigenvalue weighted by atomic mass is 15.2. The van der Waals surface area contributed by atoms with E-state index in [0.29, 0.717) is 11.6 Å². The van der Waals surface area contributed by atoms with Crippen LogP contribution in [0.5, 0.6) is 0 Å². The molecule has 0 fully saturated rings. The molecule has 0 amide bonds. The number of benzene rings is 1. The third-order valence-corrected chi connectivity index (χ3v) is 1.90. The van der Waals surface area contributed by atoms with Crippen molar-refractivity contribution in [1.82, 2.24) is 0 Å². The lowest BCUT2D eigenvalue weighted by molar-refractivity contribution is 0.867. The van der Waals surface area contributed by atoms with E-state index in [2.05, 4.69) is 19.3 Å². The summed E-state index contributed by atoms with van der Waals surface area (Å²) in [5, 5.41) is 0. The average molecular weight is 167 g/mol. The summed E-state index contributed by atoms with van der Waals surface area (Å²) >= 11 is 0. The van der Waals surface area contributed by atoms with Crippen LogP contribution in [-0.4, -0.2) is 0 Å². The first-order chi connectivity index (χ1) is 5.65. The lowest BCUT2D eigenvalue weighted by Crippen LogP contribution is -2.09. The van der Waals surface area contributed by atoms with E-state index in [1.807, 2.05) is 18.2 Å². The lowest BCUT2D eigenvalue weighted by atomic mass is 10.0. The Bertz CT molecular complexity index is 274. The molecule has 12 heavy (non-hydrogen) atoms. The minimum absolute atomic E-state index is 0. The third-order valence-electron chi connectivity index (χ3n) is 1.90. The van der Waals surface area contributed by atoms with Gasteiger partial charge in [-0.15, -0.1) is 0 Å². The molecule has 68 valence electrons. The zero-order valence-corrected chi connectivity index (χ0v) is 7.46. The van der Waals surface area contributed by atoms with Gasteiger partial charge in [0.1, 0.15) is 0 Å². The van der Waals surface area contributed by atoms with Crippen molar-refractivity contribution in [2.75, 3.05) is 11.2 Å². The van der Waals surface area contributed by atoms with Gasteiger partial charge in [-0.2, -0.15) is 0 Å². The van der Waals surface area contributed by atoms with Gasteiger partial charge < -0.3 is 11.2 Å². The van der Waals surface area contributed by atoms with E-state index < -0.39 is 0 Å². The standard InChI is InChI=1S/C9H15N3.H2/c1-6(2)7-3-4-8(10)9(5-7)12-11;/h3-6,12H,10-11H2,1-2H3;1H. The summed E-state index contributed by atoms with van der Waals surface area (Å²) in [5.74, 6) is 5.79. The van der Waals surface area contributed by atoms with Crippen LogP contribution in [-0.2, 0) is 0 Å². The van der Waals surface area contributed by atoms with Crippen molar-refractivity contribution < 1.29 is 1.43 Å². The number of nitrogens with two attached hydrogens (primary N) is 2. The van der Waals surface area contributed by atoms with Crippen LogP contribution in [0.1, 0.15) is 26.8 Å². The van der Waals surface area contributed by atoms with Gasteiger partial charge in [-0.3, -0.25) is 5.84 Å². The molecule has 0 saturated heterocycles. The molecule has 1 rings (SSSR count). The second kappa shape index (κ2) is 3.45. The Morgan fingerprint density at radius 1 is 1.42 bits per heavy atom. The van der Waals surface area contributed by atoms with Gasteiger partial charge in [0.15, 0.2) is 0 Å². The highest BCUT2D eigenvalue weighted by molar-refractivity contribution is 5.66. The molecule has 0 spiro atoms. The Morgan fingerprint density at radius 2 is 2.08 bits per heavy atom. The molecule has 0 aliphatic rings. The van der Waals surface area contributed by atoms with Crippen molar-refractivity contribution in [2.24, 2.45) is 5.84 Å². The van der Waals surface area contributed by atoms with Crippen molar-refractivity contribution in [3.63, 3.8) is 0 Å². The Morgan fingerprint density at radius 3 is 2.58 bits per heavy atom. The van der Waals surface area contributed by atoms with E-state index in [1.165, 1.54) is 5.56 Å². The van der Waals surface area contributed by atoms with Crippen molar-refractivity contribution >= 4 is 11.4 Å². The van der Waals surface area contributed by atoms with Gasteiger partial charge in [0, 0.05) is 1.43 Å². The Balaban J connectivity index is 0.00000144. The zero-order chi connectivity index (χ0) is 9.14. The van der Waals surface area contributed by atoms with E-state index in [-0.39, 0.29) is 1.43 Å². The number of hydrogen-bond donors (Lipinski definition) is 3. The largest absolute Gasteiger partial charge is 0.397 e. The summed E-state index contributed by atoms with van der Waals surface area (Å²) in [4.78, 5) is 0. The van der Waals surface area contributed by atoms with Gasteiger partial charge in [-0.25, -0.2) is 0 Å². The highest BCUT2D eigenvalue weighted by Gasteiger charge is 2.02. The fourth-order valence-corrected chi connectivity index (χ4v) is 1.06. The summed E-state index contributed by atoms with van der Waals surface area (Å²) in [6, 6.07) is 5.85. The normalized spacial score (nSPS) is 10.3. The molecule has 0 saturated carbocycles. The Kier molecular flexibility index (Phi) is 2.55. The average Bonchev–Trinajstić information content (AvgIpc) is 2.05. The number of nitrogens with one attached hydrogen (secondary N) is 1. The Hall–Kier alpha value is -1.22. The second-order valence-corrected chi connectivity index (χ2v) is 3.15. The first-order valence-electron chi connectivity index (χ1n) is 4.01. The van der Waals surface area contributed by atoms with Crippen LogP contribution in [0.2, 0.25) is 0 Å². The third kappa shape index (κ3) is 1.68. The fraction of sp³-hybridized carbons (Fsp3) is 0.333. The van der Waals surface area contributed by atoms with Gasteiger partial charge in [0.25, 0.3) is 0 Å². The summed E-state index contributed by atoms with van der Waals surface area (Å²) in [6.07, 6.45) is 0. The lowest BCUT2D eigenvalue weighted by Gasteiger charge is -2.09. The smallest absolute Gasteiger partial charge is 0.0718 e. The molecular formula is C9H17N3. The fourth-order valence-electron chi connectivity index (χ4n) is 1.06. The van der Waals surface area contributed by atoms with Crippen LogP contribution >= 0.6 is 0 Å². The first kappa shape index (κ1) is 8.87. The SMILES string of the molecule is CC(C)c1ccc(N)c(NN)c1.[HH]. The van der Waals surface area contributed by atoms with Crippen LogP contribution < -0.4 is 17.0 Å². The summed E-state index contributed by atoms with van der Waals surface area (Å²) in [5.41, 5.74) is 10.9. The predicted molar refractivity (Wildman–Crippen MR) is 54.9 cm³/mol. The van der Waals surface area contributed by atoms with Gasteiger partial charge in [-0.1, -0.05) is 19.9 Å². The molecule has 0 aliphatic carbocycles. The van der Waals surface area contributed by atoms with E-state index >= 15 is 0 Å². The molecule has 5 N–H and O–H groups in total. The molecule has 0 atom stereocenters. The maximum absolute atomic E-state index is 5.66. The van der Waals surface area contributed by atoms with Crippen LogP contribution in [0, 0.1) is 0 Å². The quantitative estimate of drug-likeness (QED) is 0.358. The molecule has 1 aromatic rings. The van der Waals surface area contributed by atoms with Crippen LogP contribution in [0.4, 0.5) is 11.4 Å². The molecular weight excluding hydrogens is 150 g/mol. The molecule has 3 heteroatoms. The van der Waals surface area contributed by atoms with Gasteiger partial charge in [0.2, 0.25) is 0 Å². The van der Waals surface area contributed by atoms with Crippen LogP contribution in [0.3, 0.4) is 0 Å². The minimum Gasteiger partial charge on any atom is -0.397 e. The molecule has 1 aromatic carbocycles. The second-order valence-electron chi connectivity index (χ2n) is 3.15. The van der Waals surface area contributed by atoms with Crippen molar-refractivity contribution in [3.8, 4) is 0 Å². The molecule has 0 aromatic heterocycles. The Labute approximate surface area is 74.2 Å². The number of rotatable bonds is 2. The molecule has 0 heterocycles. The van der Waals surface area contributed by atoms with Crippen molar-refractivity contribution in [3.05, 3.63) is 23.8 Å². The molecule has 0 radical (unpaired) electrons. The topological polar surface area (TPSA) is 64.1 Å². The monoisotopic (exact) mass is 167 g/mol.